The van der Waals surface area contributed by atoms with E-state index in [1.54, 1.807) is 6.92 Å². The molecular formula is C17H14FNO3. The summed E-state index contributed by atoms with van der Waals surface area (Å²) in [5, 5.41) is 18.1. The monoisotopic (exact) mass is 299 g/mol. The molecule has 22 heavy (non-hydrogen) atoms. The minimum Gasteiger partial charge on any atom is -0.478 e. The maximum atomic E-state index is 14.7. The molecule has 1 N–H and O–H groups in total. The number of rotatable bonds is 5. The molecule has 112 valence electrons. The Kier molecular flexibility index (Phi) is 4.87. The first-order chi connectivity index (χ1) is 10.6. The zero-order chi connectivity index (χ0) is 16.1. The third-order valence-electron chi connectivity index (χ3n) is 3.22. The SMILES string of the molecule is CCOCc1ccc(C(=O)O)c(-c2ccc(C#N)cc2)c1F. The first kappa shape index (κ1) is 15.7. The van der Waals surface area contributed by atoms with E-state index in [-0.39, 0.29) is 17.7 Å². The van der Waals surface area contributed by atoms with Crippen LogP contribution >= 0.6 is 0 Å². The lowest BCUT2D eigenvalue weighted by Gasteiger charge is -2.12. The fourth-order valence-corrected chi connectivity index (χ4v) is 2.11. The third-order valence-corrected chi connectivity index (χ3v) is 3.22. The third kappa shape index (κ3) is 3.13. The zero-order valence-corrected chi connectivity index (χ0v) is 12.0. The van der Waals surface area contributed by atoms with Crippen LogP contribution in [0.3, 0.4) is 0 Å². The molecule has 0 aromatic heterocycles. The Labute approximate surface area is 127 Å². The first-order valence-corrected chi connectivity index (χ1v) is 6.71. The summed E-state index contributed by atoms with van der Waals surface area (Å²) in [4.78, 5) is 11.3. The van der Waals surface area contributed by atoms with Gasteiger partial charge in [-0.2, -0.15) is 5.26 Å². The van der Waals surface area contributed by atoms with Gasteiger partial charge in [0.05, 0.1) is 23.8 Å². The number of nitrogens with zero attached hydrogens (tertiary/aromatic N) is 1. The van der Waals surface area contributed by atoms with Gasteiger partial charge in [0.15, 0.2) is 0 Å². The molecule has 0 saturated carbocycles. The number of carboxylic acids is 1. The fourth-order valence-electron chi connectivity index (χ4n) is 2.11. The number of hydrogen-bond acceptors (Lipinski definition) is 3. The lowest BCUT2D eigenvalue weighted by Crippen LogP contribution is -2.05. The van der Waals surface area contributed by atoms with Crippen molar-refractivity contribution >= 4 is 5.97 Å². The van der Waals surface area contributed by atoms with Gasteiger partial charge in [0.25, 0.3) is 0 Å². The van der Waals surface area contributed by atoms with Crippen molar-refractivity contribution < 1.29 is 19.0 Å². The van der Waals surface area contributed by atoms with Crippen molar-refractivity contribution in [3.8, 4) is 17.2 Å². The standard InChI is InChI=1S/C17H14FNO3/c1-2-22-10-13-7-8-14(17(20)21)15(16(13)18)12-5-3-11(9-19)4-6-12/h3-8H,2,10H2,1H3,(H,20,21). The van der Waals surface area contributed by atoms with Crippen LogP contribution < -0.4 is 0 Å². The minimum atomic E-state index is -1.21. The van der Waals surface area contributed by atoms with Crippen LogP contribution in [0.5, 0.6) is 0 Å². The van der Waals surface area contributed by atoms with Crippen LogP contribution in [0.4, 0.5) is 4.39 Å². The van der Waals surface area contributed by atoms with Crippen LogP contribution in [0.15, 0.2) is 36.4 Å². The topological polar surface area (TPSA) is 70.3 Å². The number of nitriles is 1. The van der Waals surface area contributed by atoms with E-state index in [2.05, 4.69) is 0 Å². The lowest BCUT2D eigenvalue weighted by molar-refractivity contribution is 0.0697. The molecule has 0 spiro atoms. The highest BCUT2D eigenvalue weighted by atomic mass is 19.1. The van der Waals surface area contributed by atoms with Gasteiger partial charge in [-0.05, 0) is 30.7 Å². The van der Waals surface area contributed by atoms with Crippen molar-refractivity contribution in [3.63, 3.8) is 0 Å². The second kappa shape index (κ2) is 6.83. The highest BCUT2D eigenvalue weighted by Crippen LogP contribution is 2.30. The number of halogens is 1. The molecule has 2 aromatic carbocycles. The average Bonchev–Trinajstić information content (AvgIpc) is 2.53. The van der Waals surface area contributed by atoms with E-state index in [1.165, 1.54) is 36.4 Å². The molecule has 0 heterocycles. The van der Waals surface area contributed by atoms with Crippen LogP contribution in [-0.2, 0) is 11.3 Å². The van der Waals surface area contributed by atoms with Crippen LogP contribution in [0, 0.1) is 17.1 Å². The van der Waals surface area contributed by atoms with Crippen LogP contribution in [0.25, 0.3) is 11.1 Å². The van der Waals surface area contributed by atoms with Crippen molar-refractivity contribution in [2.24, 2.45) is 0 Å². The Balaban J connectivity index is 2.58. The van der Waals surface area contributed by atoms with Gasteiger partial charge in [-0.15, -0.1) is 0 Å². The summed E-state index contributed by atoms with van der Waals surface area (Å²) in [5.41, 5.74) is 1.02. The minimum absolute atomic E-state index is 0.00851. The number of carbonyl (C=O) groups is 1. The quantitative estimate of drug-likeness (QED) is 0.915. The van der Waals surface area contributed by atoms with E-state index in [4.69, 9.17) is 10.00 Å². The lowest BCUT2D eigenvalue weighted by atomic mass is 9.95. The van der Waals surface area contributed by atoms with E-state index < -0.39 is 11.8 Å². The number of aromatic carboxylic acids is 1. The first-order valence-electron chi connectivity index (χ1n) is 6.71. The molecule has 0 fully saturated rings. The number of benzene rings is 2. The molecule has 2 rings (SSSR count). The zero-order valence-electron chi connectivity index (χ0n) is 12.0. The molecule has 0 bridgehead atoms. The van der Waals surface area contributed by atoms with Crippen LogP contribution in [0.2, 0.25) is 0 Å². The molecule has 0 amide bonds. The van der Waals surface area contributed by atoms with Crippen molar-refractivity contribution in [3.05, 3.63) is 58.9 Å². The molecule has 0 aliphatic rings. The van der Waals surface area contributed by atoms with Gasteiger partial charge in [0, 0.05) is 17.7 Å². The summed E-state index contributed by atoms with van der Waals surface area (Å²) in [6, 6.07) is 10.9. The fraction of sp³-hybridized carbons (Fsp3) is 0.176. The maximum absolute atomic E-state index is 14.7. The molecule has 0 aliphatic heterocycles. The Morgan fingerprint density at radius 3 is 2.50 bits per heavy atom. The Hall–Kier alpha value is -2.71. The Morgan fingerprint density at radius 2 is 1.95 bits per heavy atom. The van der Waals surface area contributed by atoms with Crippen LogP contribution in [0.1, 0.15) is 28.4 Å². The van der Waals surface area contributed by atoms with Gasteiger partial charge >= 0.3 is 5.97 Å². The Bertz CT molecular complexity index is 733. The molecule has 4 nitrogen and oxygen atoms in total. The molecule has 0 aliphatic carbocycles. The predicted molar refractivity (Wildman–Crippen MR) is 78.8 cm³/mol. The smallest absolute Gasteiger partial charge is 0.336 e. The highest BCUT2D eigenvalue weighted by molar-refractivity contribution is 5.96. The average molecular weight is 299 g/mol. The molecule has 0 saturated heterocycles. The van der Waals surface area contributed by atoms with Gasteiger partial charge < -0.3 is 9.84 Å². The predicted octanol–water partition coefficient (Wildman–Crippen LogP) is 3.60. The summed E-state index contributed by atoms with van der Waals surface area (Å²) in [6.07, 6.45) is 0. The second-order valence-corrected chi connectivity index (χ2v) is 4.59. The number of hydrogen-bond donors (Lipinski definition) is 1. The van der Waals surface area contributed by atoms with E-state index in [1.807, 2.05) is 6.07 Å². The van der Waals surface area contributed by atoms with E-state index in [0.717, 1.165) is 0 Å². The summed E-state index contributed by atoms with van der Waals surface area (Å²) < 4.78 is 19.9. The largest absolute Gasteiger partial charge is 0.478 e. The summed E-state index contributed by atoms with van der Waals surface area (Å²) in [6.45, 7) is 2.31. The normalized spacial score (nSPS) is 10.2. The Morgan fingerprint density at radius 1 is 1.27 bits per heavy atom. The van der Waals surface area contributed by atoms with Gasteiger partial charge in [0.2, 0.25) is 0 Å². The van der Waals surface area contributed by atoms with Crippen molar-refractivity contribution in [2.45, 2.75) is 13.5 Å². The molecule has 0 unspecified atom stereocenters. The van der Waals surface area contributed by atoms with Gasteiger partial charge in [-0.25, -0.2) is 9.18 Å². The van der Waals surface area contributed by atoms with E-state index in [9.17, 15) is 14.3 Å². The summed E-state index contributed by atoms with van der Waals surface area (Å²) in [5.74, 6) is -1.82. The van der Waals surface area contributed by atoms with Crippen LogP contribution in [-0.4, -0.2) is 17.7 Å². The van der Waals surface area contributed by atoms with Crippen molar-refractivity contribution in [1.29, 1.82) is 5.26 Å². The van der Waals surface area contributed by atoms with Crippen molar-refractivity contribution in [1.82, 2.24) is 0 Å². The number of carboxylic acid groups (broad SMARTS) is 1. The molecule has 2 aromatic rings. The van der Waals surface area contributed by atoms with Gasteiger partial charge in [0.1, 0.15) is 5.82 Å². The highest BCUT2D eigenvalue weighted by Gasteiger charge is 2.19. The maximum Gasteiger partial charge on any atom is 0.336 e. The number of ether oxygens (including phenoxy) is 1. The van der Waals surface area contributed by atoms with Crippen molar-refractivity contribution in [2.75, 3.05) is 6.61 Å². The van der Waals surface area contributed by atoms with Gasteiger partial charge in [-0.3, -0.25) is 0 Å². The van der Waals surface area contributed by atoms with E-state index >= 15 is 0 Å². The second-order valence-electron chi connectivity index (χ2n) is 4.59. The molecular weight excluding hydrogens is 285 g/mol. The molecule has 0 radical (unpaired) electrons. The molecule has 0 atom stereocenters. The summed E-state index contributed by atoms with van der Waals surface area (Å²) >= 11 is 0. The van der Waals surface area contributed by atoms with Gasteiger partial charge in [-0.1, -0.05) is 18.2 Å². The summed E-state index contributed by atoms with van der Waals surface area (Å²) in [7, 11) is 0. The van der Waals surface area contributed by atoms with E-state index in [0.29, 0.717) is 23.3 Å². The molecule has 5 heteroatoms.